The molecule has 0 aromatic carbocycles. The number of allylic oxidation sites excluding steroid dienone is 2. The predicted molar refractivity (Wildman–Crippen MR) is 207 cm³/mol. The molecule has 5 unspecified atom stereocenters. The van der Waals surface area contributed by atoms with E-state index in [4.69, 9.17) is 18.9 Å². The number of ketones is 2. The fourth-order valence-electron chi connectivity index (χ4n) is 8.14. The zero-order chi connectivity index (χ0) is 42.1. The van der Waals surface area contributed by atoms with Gasteiger partial charge in [0.05, 0.1) is 80.3 Å². The van der Waals surface area contributed by atoms with Crippen molar-refractivity contribution in [2.45, 2.75) is 162 Å². The largest absolute Gasteiger partial charge is 0.396 e. The molecule has 0 saturated carbocycles. The number of Topliss-reactive ketones (excluding diaryl/α,β-unsaturated/α-hetero) is 2. The topological polar surface area (TPSA) is 219 Å². The summed E-state index contributed by atoms with van der Waals surface area (Å²) in [6.45, 7) is 20.2. The van der Waals surface area contributed by atoms with Crippen LogP contribution in [0, 0.1) is 41.4 Å². The molecule has 4 fully saturated rings. The molecule has 0 aromatic rings. The molecule has 4 saturated heterocycles. The number of aliphatic hydroxyl groups excluding tert-OH is 5. The quantitative estimate of drug-likeness (QED) is 0.0882. The molecule has 4 aliphatic heterocycles. The number of aliphatic hydroxyl groups is 7. The van der Waals surface area contributed by atoms with E-state index in [1.165, 1.54) is 6.42 Å². The highest BCUT2D eigenvalue weighted by Gasteiger charge is 2.63. The number of ether oxygens (including phenoxy) is 4. The number of carbonyl (C=O) groups excluding carboxylic acids is 2. The SMILES string of the molecule is C/C=C\[C@H](C)[C@H]1OC1(C)[C@@H](C)[C@@H](CO)C(=O)[C@H]1COC(O)(CC)CC1O.C/C=C\[C@H](C)[C@H]1OC1(C)[C@@H](O)[C@@H](CO)C(=O)[C@H]1CO[C@](O)(CC)CC1O.CCC. The van der Waals surface area contributed by atoms with Crippen LogP contribution >= 0.6 is 0 Å². The van der Waals surface area contributed by atoms with Gasteiger partial charge in [-0.25, -0.2) is 0 Å². The Kier molecular flexibility index (Phi) is 18.8. The van der Waals surface area contributed by atoms with Crippen molar-refractivity contribution in [3.8, 4) is 0 Å². The van der Waals surface area contributed by atoms with Crippen molar-refractivity contribution >= 4 is 11.6 Å². The van der Waals surface area contributed by atoms with Crippen LogP contribution < -0.4 is 0 Å². The average Bonchev–Trinajstić information content (AvgIpc) is 4.04. The van der Waals surface area contributed by atoms with Crippen molar-refractivity contribution in [1.29, 1.82) is 0 Å². The summed E-state index contributed by atoms with van der Waals surface area (Å²) in [4.78, 5) is 25.9. The monoisotopic (exact) mass is 787 g/mol. The van der Waals surface area contributed by atoms with Gasteiger partial charge in [-0.1, -0.05) is 79.2 Å². The smallest absolute Gasteiger partial charge is 0.167 e. The van der Waals surface area contributed by atoms with Crippen LogP contribution in [0.1, 0.15) is 108 Å². The van der Waals surface area contributed by atoms with E-state index in [9.17, 15) is 45.3 Å². The molecule has 0 aliphatic carbocycles. The van der Waals surface area contributed by atoms with E-state index in [1.807, 2.05) is 52.8 Å². The number of epoxide rings is 2. The second-order valence-corrected chi connectivity index (χ2v) is 16.5. The van der Waals surface area contributed by atoms with Gasteiger partial charge in [-0.15, -0.1) is 0 Å². The zero-order valence-electron chi connectivity index (χ0n) is 35.2. The lowest BCUT2D eigenvalue weighted by Gasteiger charge is -2.40. The van der Waals surface area contributed by atoms with Crippen LogP contribution in [0.2, 0.25) is 0 Å². The highest BCUT2D eigenvalue weighted by Crippen LogP contribution is 2.50. The molecule has 0 amide bonds. The van der Waals surface area contributed by atoms with Gasteiger partial charge in [0.2, 0.25) is 0 Å². The number of hydrogen-bond donors (Lipinski definition) is 7. The standard InChI is InChI=1S/C20H34O6.C19H32O7.C3H8/c1-6-8-12(3)18-19(5,26-18)13(4)14(10-21)17(23)15-11-25-20(24,7-2)9-16(15)22;1-5-7-11(3)17-18(4,26-17)16(23)12(9-20)15(22)13-10-25-19(24,6-2)8-14(13)21;1-3-2/h6,8,12-16,18,21-22,24H,7,9-11H2,1-5H3;5,7,11-14,16-17,20-21,23-24H,6,8-10H2,1-4H3;3H2,1-2H3/b8-6-;7-5-;/t12-,13-,14+,15-,16?,18+,19?,20?;11-,12-,13-,14?,16-,17+,18?,19+;/m00./s1. The van der Waals surface area contributed by atoms with Gasteiger partial charge in [-0.2, -0.15) is 0 Å². The summed E-state index contributed by atoms with van der Waals surface area (Å²) >= 11 is 0. The van der Waals surface area contributed by atoms with E-state index in [0.717, 1.165) is 0 Å². The van der Waals surface area contributed by atoms with Crippen LogP contribution in [0.5, 0.6) is 0 Å². The first-order chi connectivity index (χ1) is 25.7. The van der Waals surface area contributed by atoms with Crippen molar-refractivity contribution in [2.24, 2.45) is 41.4 Å². The van der Waals surface area contributed by atoms with E-state index < -0.39 is 77.1 Å². The molecule has 13 nitrogen and oxygen atoms in total. The maximum atomic E-state index is 13.0. The average molecular weight is 787 g/mol. The third kappa shape index (κ3) is 11.7. The number of rotatable bonds is 16. The molecule has 0 spiro atoms. The summed E-state index contributed by atoms with van der Waals surface area (Å²) in [7, 11) is 0. The Bertz CT molecular complexity index is 1180. The van der Waals surface area contributed by atoms with Gasteiger partial charge in [0.1, 0.15) is 17.2 Å². The van der Waals surface area contributed by atoms with E-state index in [-0.39, 0.29) is 68.4 Å². The molecule has 4 aliphatic rings. The lowest BCUT2D eigenvalue weighted by atomic mass is 9.73. The van der Waals surface area contributed by atoms with Gasteiger partial charge in [0.15, 0.2) is 11.6 Å². The van der Waals surface area contributed by atoms with E-state index >= 15 is 0 Å². The van der Waals surface area contributed by atoms with Crippen LogP contribution in [0.4, 0.5) is 0 Å². The number of hydrogen-bond acceptors (Lipinski definition) is 13. The highest BCUT2D eigenvalue weighted by atomic mass is 16.6. The minimum atomic E-state index is -1.44. The molecule has 13 heteroatoms. The summed E-state index contributed by atoms with van der Waals surface area (Å²) < 4.78 is 22.4. The van der Waals surface area contributed by atoms with Crippen molar-refractivity contribution in [3.05, 3.63) is 24.3 Å². The first-order valence-corrected chi connectivity index (χ1v) is 20.3. The minimum absolute atomic E-state index is 0.00115. The molecule has 55 heavy (non-hydrogen) atoms. The molecule has 0 bridgehead atoms. The third-order valence-corrected chi connectivity index (χ3v) is 12.2. The minimum Gasteiger partial charge on any atom is -0.396 e. The maximum Gasteiger partial charge on any atom is 0.167 e. The van der Waals surface area contributed by atoms with Crippen molar-refractivity contribution in [1.82, 2.24) is 0 Å². The molecular weight excluding hydrogens is 712 g/mol. The third-order valence-electron chi connectivity index (χ3n) is 12.2. The fourth-order valence-corrected chi connectivity index (χ4v) is 8.14. The Morgan fingerprint density at radius 1 is 0.709 bits per heavy atom. The second-order valence-electron chi connectivity index (χ2n) is 16.5. The molecule has 7 N–H and O–H groups in total. The van der Waals surface area contributed by atoms with Gasteiger partial charge < -0.3 is 54.7 Å². The first kappa shape index (κ1) is 49.5. The Hall–Kier alpha value is -1.62. The Labute approximate surface area is 329 Å². The summed E-state index contributed by atoms with van der Waals surface area (Å²) in [5.41, 5.74) is -1.40. The van der Waals surface area contributed by atoms with Crippen molar-refractivity contribution in [2.75, 3.05) is 26.4 Å². The molecule has 16 atom stereocenters. The van der Waals surface area contributed by atoms with E-state index in [1.54, 1.807) is 20.8 Å². The molecule has 0 aromatic heterocycles. The number of carbonyl (C=O) groups is 2. The van der Waals surface area contributed by atoms with Gasteiger partial charge in [0, 0.05) is 30.6 Å². The lowest BCUT2D eigenvalue weighted by molar-refractivity contribution is -0.259. The van der Waals surface area contributed by atoms with E-state index in [2.05, 4.69) is 26.8 Å². The molecule has 4 rings (SSSR count). The molecular formula is C42H74O13. The van der Waals surface area contributed by atoms with Crippen LogP contribution in [0.3, 0.4) is 0 Å². The Morgan fingerprint density at radius 2 is 1.07 bits per heavy atom. The van der Waals surface area contributed by atoms with Crippen LogP contribution in [-0.4, -0.2) is 127 Å². The fraction of sp³-hybridized carbons (Fsp3) is 0.857. The lowest BCUT2D eigenvalue weighted by Crippen LogP contribution is -2.53. The van der Waals surface area contributed by atoms with Crippen LogP contribution in [-0.2, 0) is 28.5 Å². The Morgan fingerprint density at radius 3 is 1.42 bits per heavy atom. The van der Waals surface area contributed by atoms with Crippen LogP contribution in [0.15, 0.2) is 24.3 Å². The second kappa shape index (κ2) is 20.9. The predicted octanol–water partition coefficient (Wildman–Crippen LogP) is 3.47. The van der Waals surface area contributed by atoms with Gasteiger partial charge >= 0.3 is 0 Å². The highest BCUT2D eigenvalue weighted by molar-refractivity contribution is 5.85. The summed E-state index contributed by atoms with van der Waals surface area (Å²) in [5, 5.41) is 71.3. The molecule has 320 valence electrons. The molecule has 0 radical (unpaired) electrons. The summed E-state index contributed by atoms with van der Waals surface area (Å²) in [6, 6.07) is 0. The summed E-state index contributed by atoms with van der Waals surface area (Å²) in [5.74, 6) is -6.79. The van der Waals surface area contributed by atoms with E-state index in [0.29, 0.717) is 12.8 Å². The van der Waals surface area contributed by atoms with Gasteiger partial charge in [0.25, 0.3) is 0 Å². The van der Waals surface area contributed by atoms with Gasteiger partial charge in [-0.05, 0) is 46.5 Å². The van der Waals surface area contributed by atoms with Gasteiger partial charge in [-0.3, -0.25) is 9.59 Å². The molecule has 4 heterocycles. The van der Waals surface area contributed by atoms with Crippen molar-refractivity contribution < 1.29 is 64.3 Å². The normalized spacial score (nSPS) is 39.1. The maximum absolute atomic E-state index is 13.0. The summed E-state index contributed by atoms with van der Waals surface area (Å²) in [6.07, 6.45) is 6.24. The van der Waals surface area contributed by atoms with Crippen molar-refractivity contribution in [3.63, 3.8) is 0 Å². The zero-order valence-corrected chi connectivity index (χ0v) is 35.2. The Balaban J connectivity index is 0.000000355. The van der Waals surface area contributed by atoms with Crippen LogP contribution in [0.25, 0.3) is 0 Å². The first-order valence-electron chi connectivity index (χ1n) is 20.3.